The smallest absolute Gasteiger partial charge is 0.114 e. The summed E-state index contributed by atoms with van der Waals surface area (Å²) in [5.41, 5.74) is 0.912. The minimum atomic E-state index is 0.630. The molecule has 0 aromatic rings. The van der Waals surface area contributed by atoms with Gasteiger partial charge in [0.1, 0.15) is 6.61 Å². The first-order valence-electron chi connectivity index (χ1n) is 2.57. The Balaban J connectivity index is 3.26. The van der Waals surface area contributed by atoms with Gasteiger partial charge in [0, 0.05) is 5.75 Å². The molecule has 0 aliphatic heterocycles. The summed E-state index contributed by atoms with van der Waals surface area (Å²) in [6, 6.07) is 0. The minimum absolute atomic E-state index is 0.630. The quantitative estimate of drug-likeness (QED) is 0.350. The molecule has 0 unspecified atom stereocenters. The second-order valence-corrected chi connectivity index (χ2v) is 1.72. The lowest BCUT2D eigenvalue weighted by molar-refractivity contribution is 0.158. The topological polar surface area (TPSA) is 21.6 Å². The Bertz CT molecular complexity index is 82.5. The molecule has 0 bridgehead atoms. The molecule has 8 heavy (non-hydrogen) atoms. The fraction of sp³-hybridized carbons (Fsp3) is 0.800. The highest BCUT2D eigenvalue weighted by Gasteiger charge is 1.82. The third-order valence-corrected chi connectivity index (χ3v) is 1.04. The van der Waals surface area contributed by atoms with Gasteiger partial charge in [-0.15, -0.1) is 0 Å². The standard InChI is InChI=1S/C5H11NOS/c1-3-7-6-5(2)4-8/h8H,3-4H2,1-2H3. The molecule has 3 heteroatoms. The summed E-state index contributed by atoms with van der Waals surface area (Å²) in [5, 5.41) is 3.70. The van der Waals surface area contributed by atoms with Crippen LogP contribution in [0.5, 0.6) is 0 Å². The minimum Gasteiger partial charge on any atom is -0.396 e. The van der Waals surface area contributed by atoms with Gasteiger partial charge in [-0.3, -0.25) is 0 Å². The molecule has 0 rings (SSSR count). The lowest BCUT2D eigenvalue weighted by atomic mass is 10.5. The fourth-order valence-corrected chi connectivity index (χ4v) is 0.261. The monoisotopic (exact) mass is 133 g/mol. The Hall–Kier alpha value is -0.180. The first-order valence-corrected chi connectivity index (χ1v) is 3.20. The predicted octanol–water partition coefficient (Wildman–Crippen LogP) is 1.33. The molecule has 0 radical (unpaired) electrons. The van der Waals surface area contributed by atoms with Crippen LogP contribution in [0.4, 0.5) is 0 Å². The Morgan fingerprint density at radius 3 is 2.75 bits per heavy atom. The number of thiol groups is 1. The van der Waals surface area contributed by atoms with E-state index in [1.165, 1.54) is 0 Å². The van der Waals surface area contributed by atoms with Crippen LogP contribution in [0.15, 0.2) is 5.16 Å². The summed E-state index contributed by atoms with van der Waals surface area (Å²) < 4.78 is 0. The molecule has 0 atom stereocenters. The van der Waals surface area contributed by atoms with Crippen LogP contribution in [0.3, 0.4) is 0 Å². The van der Waals surface area contributed by atoms with Gasteiger partial charge in [-0.1, -0.05) is 5.16 Å². The van der Waals surface area contributed by atoms with E-state index in [0.717, 1.165) is 5.71 Å². The molecule has 0 aliphatic rings. The molecule has 0 aliphatic carbocycles. The summed E-state index contributed by atoms with van der Waals surface area (Å²) in [6.45, 7) is 4.41. The van der Waals surface area contributed by atoms with Crippen molar-refractivity contribution < 1.29 is 4.84 Å². The van der Waals surface area contributed by atoms with E-state index in [-0.39, 0.29) is 0 Å². The normalized spacial score (nSPS) is 11.6. The van der Waals surface area contributed by atoms with Crippen molar-refractivity contribution >= 4 is 18.3 Å². The molecule has 48 valence electrons. The van der Waals surface area contributed by atoms with Crippen molar-refractivity contribution in [3.05, 3.63) is 0 Å². The van der Waals surface area contributed by atoms with Crippen LogP contribution in [0.25, 0.3) is 0 Å². The molecule has 0 saturated heterocycles. The summed E-state index contributed by atoms with van der Waals surface area (Å²) in [7, 11) is 0. The number of nitrogens with zero attached hydrogens (tertiary/aromatic N) is 1. The van der Waals surface area contributed by atoms with E-state index in [1.807, 2.05) is 13.8 Å². The maximum Gasteiger partial charge on any atom is 0.114 e. The SMILES string of the molecule is CCON=C(C)CS. The van der Waals surface area contributed by atoms with Crippen molar-refractivity contribution in [2.75, 3.05) is 12.4 Å². The summed E-state index contributed by atoms with van der Waals surface area (Å²) >= 11 is 3.98. The first-order chi connectivity index (χ1) is 3.81. The van der Waals surface area contributed by atoms with Crippen molar-refractivity contribution in [1.29, 1.82) is 0 Å². The molecule has 2 nitrogen and oxygen atoms in total. The van der Waals surface area contributed by atoms with E-state index >= 15 is 0 Å². The molecule has 0 N–H and O–H groups in total. The van der Waals surface area contributed by atoms with Gasteiger partial charge in [0.25, 0.3) is 0 Å². The first kappa shape index (κ1) is 7.82. The maximum absolute atomic E-state index is 4.73. The van der Waals surface area contributed by atoms with Crippen LogP contribution < -0.4 is 0 Å². The molecule has 0 saturated carbocycles. The van der Waals surface area contributed by atoms with E-state index in [1.54, 1.807) is 0 Å². The maximum atomic E-state index is 4.73. The molecular weight excluding hydrogens is 122 g/mol. The highest BCUT2D eigenvalue weighted by molar-refractivity contribution is 7.81. The van der Waals surface area contributed by atoms with E-state index in [4.69, 9.17) is 4.84 Å². The fourth-order valence-electron chi connectivity index (χ4n) is 0.204. The largest absolute Gasteiger partial charge is 0.396 e. The van der Waals surface area contributed by atoms with Gasteiger partial charge in [0.2, 0.25) is 0 Å². The van der Waals surface area contributed by atoms with E-state index < -0.39 is 0 Å². The molecule has 0 amide bonds. The van der Waals surface area contributed by atoms with Gasteiger partial charge in [-0.2, -0.15) is 12.6 Å². The van der Waals surface area contributed by atoms with Crippen molar-refractivity contribution in [2.45, 2.75) is 13.8 Å². The molecular formula is C5H11NOS. The zero-order valence-corrected chi connectivity index (χ0v) is 6.11. The van der Waals surface area contributed by atoms with Gasteiger partial charge in [-0.05, 0) is 13.8 Å². The average Bonchev–Trinajstić information content (AvgIpc) is 1.83. The summed E-state index contributed by atoms with van der Waals surface area (Å²) in [5.74, 6) is 0.667. The van der Waals surface area contributed by atoms with Crippen LogP contribution in [0.2, 0.25) is 0 Å². The van der Waals surface area contributed by atoms with Crippen LogP contribution in [-0.4, -0.2) is 18.1 Å². The molecule has 0 spiro atoms. The number of rotatable bonds is 3. The van der Waals surface area contributed by atoms with E-state index in [0.29, 0.717) is 12.4 Å². The molecule has 0 aromatic carbocycles. The van der Waals surface area contributed by atoms with Gasteiger partial charge < -0.3 is 4.84 Å². The molecule has 0 fully saturated rings. The lowest BCUT2D eigenvalue weighted by Crippen LogP contribution is -1.93. The van der Waals surface area contributed by atoms with Gasteiger partial charge >= 0.3 is 0 Å². The highest BCUT2D eigenvalue weighted by Crippen LogP contribution is 1.82. The van der Waals surface area contributed by atoms with E-state index in [2.05, 4.69) is 17.8 Å². The van der Waals surface area contributed by atoms with Crippen molar-refractivity contribution in [3.63, 3.8) is 0 Å². The van der Waals surface area contributed by atoms with Crippen LogP contribution in [-0.2, 0) is 4.84 Å². The van der Waals surface area contributed by atoms with Gasteiger partial charge in [0.15, 0.2) is 0 Å². The Labute approximate surface area is 55.3 Å². The van der Waals surface area contributed by atoms with Crippen molar-refractivity contribution in [2.24, 2.45) is 5.16 Å². The number of hydrogen-bond donors (Lipinski definition) is 1. The van der Waals surface area contributed by atoms with Crippen LogP contribution in [0, 0.1) is 0 Å². The Morgan fingerprint density at radius 1 is 1.75 bits per heavy atom. The van der Waals surface area contributed by atoms with Crippen LogP contribution >= 0.6 is 12.6 Å². The van der Waals surface area contributed by atoms with Crippen molar-refractivity contribution in [3.8, 4) is 0 Å². The third-order valence-electron chi connectivity index (χ3n) is 0.578. The Kier molecular flexibility index (Phi) is 4.85. The predicted molar refractivity (Wildman–Crippen MR) is 38.6 cm³/mol. The molecule has 0 heterocycles. The highest BCUT2D eigenvalue weighted by atomic mass is 32.1. The zero-order valence-electron chi connectivity index (χ0n) is 5.22. The average molecular weight is 133 g/mol. The molecule has 0 aromatic heterocycles. The number of oxime groups is 1. The van der Waals surface area contributed by atoms with Gasteiger partial charge in [0.05, 0.1) is 5.71 Å². The summed E-state index contributed by atoms with van der Waals surface area (Å²) in [4.78, 5) is 4.73. The van der Waals surface area contributed by atoms with Gasteiger partial charge in [-0.25, -0.2) is 0 Å². The summed E-state index contributed by atoms with van der Waals surface area (Å²) in [6.07, 6.45) is 0. The Morgan fingerprint density at radius 2 is 2.38 bits per heavy atom. The third kappa shape index (κ3) is 3.99. The second-order valence-electron chi connectivity index (χ2n) is 1.40. The van der Waals surface area contributed by atoms with E-state index in [9.17, 15) is 0 Å². The van der Waals surface area contributed by atoms with Crippen LogP contribution in [0.1, 0.15) is 13.8 Å². The van der Waals surface area contributed by atoms with Crippen molar-refractivity contribution in [1.82, 2.24) is 0 Å². The number of hydrogen-bond acceptors (Lipinski definition) is 3. The second kappa shape index (κ2) is 4.97. The zero-order chi connectivity index (χ0) is 6.41. The lowest BCUT2D eigenvalue weighted by Gasteiger charge is -1.92.